The molecule has 122 valence electrons. The predicted octanol–water partition coefficient (Wildman–Crippen LogP) is 3.80. The lowest BCUT2D eigenvalue weighted by Gasteiger charge is -2.02. The number of ether oxygens (including phenoxy) is 1. The summed E-state index contributed by atoms with van der Waals surface area (Å²) in [7, 11) is 0. The van der Waals surface area contributed by atoms with Gasteiger partial charge in [0.05, 0.1) is 4.92 Å². The van der Waals surface area contributed by atoms with Crippen molar-refractivity contribution in [3.05, 3.63) is 80.3 Å². The molecule has 0 N–H and O–H groups in total. The van der Waals surface area contributed by atoms with Crippen LogP contribution < -0.4 is 0 Å². The second kappa shape index (κ2) is 8.16. The van der Waals surface area contributed by atoms with Crippen molar-refractivity contribution >= 4 is 39.4 Å². The third kappa shape index (κ3) is 5.13. The quantitative estimate of drug-likeness (QED) is 0.246. The summed E-state index contributed by atoms with van der Waals surface area (Å²) in [6.45, 7) is -0.356. The predicted molar refractivity (Wildman–Crippen MR) is 91.6 cm³/mol. The van der Waals surface area contributed by atoms with Crippen LogP contribution in [0.2, 0.25) is 0 Å². The van der Waals surface area contributed by atoms with Crippen molar-refractivity contribution in [2.45, 2.75) is 0 Å². The van der Waals surface area contributed by atoms with E-state index in [0.29, 0.717) is 11.1 Å². The van der Waals surface area contributed by atoms with Crippen LogP contribution >= 0.6 is 15.9 Å². The normalized spacial score (nSPS) is 10.5. The number of rotatable bonds is 6. The molecule has 6 nitrogen and oxygen atoms in total. The summed E-state index contributed by atoms with van der Waals surface area (Å²) in [4.78, 5) is 33.5. The van der Waals surface area contributed by atoms with Crippen LogP contribution in [0.25, 0.3) is 6.08 Å². The average molecular weight is 390 g/mol. The van der Waals surface area contributed by atoms with E-state index in [1.54, 1.807) is 24.3 Å². The molecule has 0 heterocycles. The zero-order valence-corrected chi connectivity index (χ0v) is 13.9. The van der Waals surface area contributed by atoms with E-state index < -0.39 is 10.9 Å². The topological polar surface area (TPSA) is 86.5 Å². The molecule has 0 fully saturated rings. The van der Waals surface area contributed by atoms with Crippen molar-refractivity contribution in [1.29, 1.82) is 0 Å². The molecule has 0 spiro atoms. The maximum Gasteiger partial charge on any atom is 0.331 e. The molecule has 24 heavy (non-hydrogen) atoms. The van der Waals surface area contributed by atoms with Crippen molar-refractivity contribution in [2.24, 2.45) is 0 Å². The molecule has 0 bridgehead atoms. The van der Waals surface area contributed by atoms with Crippen LogP contribution in [0.5, 0.6) is 0 Å². The second-order valence-corrected chi connectivity index (χ2v) is 5.64. The number of hydrogen-bond acceptors (Lipinski definition) is 5. The van der Waals surface area contributed by atoms with Gasteiger partial charge >= 0.3 is 5.97 Å². The van der Waals surface area contributed by atoms with E-state index in [2.05, 4.69) is 15.9 Å². The maximum atomic E-state index is 11.9. The summed E-state index contributed by atoms with van der Waals surface area (Å²) < 4.78 is 5.73. The number of Topliss-reactive ketones (excluding diaryl/α,β-unsaturated/α-hetero) is 1. The van der Waals surface area contributed by atoms with Gasteiger partial charge in [0.15, 0.2) is 12.4 Å². The van der Waals surface area contributed by atoms with Crippen LogP contribution in [-0.4, -0.2) is 23.3 Å². The monoisotopic (exact) mass is 389 g/mol. The van der Waals surface area contributed by atoms with Crippen molar-refractivity contribution in [3.63, 3.8) is 0 Å². The molecular formula is C17H12BrNO5. The van der Waals surface area contributed by atoms with E-state index >= 15 is 0 Å². The van der Waals surface area contributed by atoms with E-state index in [-0.39, 0.29) is 18.1 Å². The Labute approximate surface area is 146 Å². The fourth-order valence-corrected chi connectivity index (χ4v) is 2.04. The fraction of sp³-hybridized carbons (Fsp3) is 0.0588. The number of carbonyl (C=O) groups excluding carboxylic acids is 2. The summed E-state index contributed by atoms with van der Waals surface area (Å²) in [5.41, 5.74) is 1.02. The number of nitro benzene ring substituents is 1. The first-order valence-corrected chi connectivity index (χ1v) is 7.63. The minimum absolute atomic E-state index is 0.0326. The molecule has 0 aliphatic carbocycles. The van der Waals surface area contributed by atoms with Gasteiger partial charge in [-0.25, -0.2) is 4.79 Å². The lowest BCUT2D eigenvalue weighted by Crippen LogP contribution is -2.12. The molecule has 0 radical (unpaired) electrons. The Bertz CT molecular complexity index is 782. The number of ketones is 1. The Kier molecular flexibility index (Phi) is 5.97. The number of nitrogens with zero attached hydrogens (tertiary/aromatic N) is 1. The molecule has 0 aliphatic rings. The highest BCUT2D eigenvalue weighted by Crippen LogP contribution is 2.13. The van der Waals surface area contributed by atoms with Gasteiger partial charge in [0.25, 0.3) is 5.69 Å². The average Bonchev–Trinajstić information content (AvgIpc) is 2.58. The summed E-state index contributed by atoms with van der Waals surface area (Å²) in [5, 5.41) is 10.5. The summed E-state index contributed by atoms with van der Waals surface area (Å²) in [6.07, 6.45) is 2.62. The molecule has 2 rings (SSSR count). The highest BCUT2D eigenvalue weighted by atomic mass is 79.9. The molecule has 0 saturated heterocycles. The van der Waals surface area contributed by atoms with Gasteiger partial charge in [0.2, 0.25) is 0 Å². The van der Waals surface area contributed by atoms with Gasteiger partial charge in [0.1, 0.15) is 0 Å². The smallest absolute Gasteiger partial charge is 0.331 e. The number of benzene rings is 2. The molecule has 0 aromatic heterocycles. The second-order valence-electron chi connectivity index (χ2n) is 4.72. The van der Waals surface area contributed by atoms with E-state index in [1.165, 1.54) is 30.3 Å². The third-order valence-electron chi connectivity index (χ3n) is 3.03. The van der Waals surface area contributed by atoms with Crippen LogP contribution in [0.3, 0.4) is 0 Å². The molecule has 2 aromatic rings. The minimum atomic E-state index is -0.668. The van der Waals surface area contributed by atoms with Crippen LogP contribution in [0.4, 0.5) is 5.69 Å². The van der Waals surface area contributed by atoms with Gasteiger partial charge in [-0.15, -0.1) is 0 Å². The zero-order valence-electron chi connectivity index (χ0n) is 12.3. The maximum absolute atomic E-state index is 11.9. The fourth-order valence-electron chi connectivity index (χ4n) is 1.78. The van der Waals surface area contributed by atoms with E-state index in [9.17, 15) is 19.7 Å². The lowest BCUT2D eigenvalue weighted by molar-refractivity contribution is -0.384. The van der Waals surface area contributed by atoms with Crippen molar-refractivity contribution < 1.29 is 19.2 Å². The van der Waals surface area contributed by atoms with Gasteiger partial charge < -0.3 is 4.74 Å². The molecule has 0 unspecified atom stereocenters. The first-order chi connectivity index (χ1) is 11.5. The highest BCUT2D eigenvalue weighted by Gasteiger charge is 2.08. The molecular weight excluding hydrogens is 378 g/mol. The number of halogens is 1. The molecule has 0 saturated carbocycles. The first-order valence-electron chi connectivity index (χ1n) is 6.84. The largest absolute Gasteiger partial charge is 0.454 e. The van der Waals surface area contributed by atoms with Gasteiger partial charge in [-0.3, -0.25) is 14.9 Å². The zero-order chi connectivity index (χ0) is 17.5. The molecule has 7 heteroatoms. The van der Waals surface area contributed by atoms with Crippen molar-refractivity contribution in [1.82, 2.24) is 0 Å². The van der Waals surface area contributed by atoms with Crippen molar-refractivity contribution in [2.75, 3.05) is 6.61 Å². The summed E-state index contributed by atoms with van der Waals surface area (Å²) in [6, 6.07) is 12.4. The Hall–Kier alpha value is -2.80. The number of nitro groups is 1. The Morgan fingerprint density at radius 2 is 1.71 bits per heavy atom. The van der Waals surface area contributed by atoms with Gasteiger partial charge in [-0.2, -0.15) is 0 Å². The van der Waals surface area contributed by atoms with E-state index in [1.807, 2.05) is 0 Å². The first kappa shape index (κ1) is 17.6. The van der Waals surface area contributed by atoms with E-state index in [0.717, 1.165) is 10.5 Å². The van der Waals surface area contributed by atoms with Crippen molar-refractivity contribution in [3.8, 4) is 0 Å². The Morgan fingerprint density at radius 1 is 1.08 bits per heavy atom. The number of hydrogen-bond donors (Lipinski definition) is 0. The Morgan fingerprint density at radius 3 is 2.29 bits per heavy atom. The third-order valence-corrected chi connectivity index (χ3v) is 3.56. The molecule has 0 atom stereocenters. The van der Waals surface area contributed by atoms with Crippen LogP contribution in [-0.2, 0) is 9.53 Å². The Balaban J connectivity index is 1.87. The van der Waals surface area contributed by atoms with Crippen LogP contribution in [0, 0.1) is 10.1 Å². The molecule has 0 amide bonds. The SMILES string of the molecule is O=C(/C=C/c1ccc([N+](=O)[O-])cc1)OCC(=O)c1ccc(Br)cc1. The van der Waals surface area contributed by atoms with Crippen LogP contribution in [0.15, 0.2) is 59.1 Å². The standard InChI is InChI=1S/C17H12BrNO5/c18-14-6-4-13(5-7-14)16(20)11-24-17(21)10-3-12-1-8-15(9-2-12)19(22)23/h1-10H,11H2/b10-3+. The summed E-state index contributed by atoms with van der Waals surface area (Å²) in [5.74, 6) is -0.974. The van der Waals surface area contributed by atoms with Gasteiger partial charge in [-0.1, -0.05) is 28.1 Å². The number of non-ortho nitro benzene ring substituents is 1. The highest BCUT2D eigenvalue weighted by molar-refractivity contribution is 9.10. The van der Waals surface area contributed by atoms with Gasteiger partial charge in [-0.05, 0) is 35.9 Å². The number of esters is 1. The van der Waals surface area contributed by atoms with Crippen LogP contribution in [0.1, 0.15) is 15.9 Å². The lowest BCUT2D eigenvalue weighted by atomic mass is 10.1. The number of carbonyl (C=O) groups is 2. The minimum Gasteiger partial charge on any atom is -0.454 e. The molecule has 0 aliphatic heterocycles. The summed E-state index contributed by atoms with van der Waals surface area (Å²) >= 11 is 3.27. The molecule has 2 aromatic carbocycles. The van der Waals surface area contributed by atoms with E-state index in [4.69, 9.17) is 4.74 Å². The van der Waals surface area contributed by atoms with Gasteiger partial charge in [0, 0.05) is 28.2 Å².